The second kappa shape index (κ2) is 6.39. The summed E-state index contributed by atoms with van der Waals surface area (Å²) < 4.78 is 2.69. The Hall–Kier alpha value is -1.57. The monoisotopic (exact) mass is 305 g/mol. The SMILES string of the molecule is CO/N=C(\C)c1ccccc1[Se]c1ccccc1. The zero-order valence-corrected chi connectivity index (χ0v) is 12.2. The number of hydrogen-bond donors (Lipinski definition) is 0. The van der Waals surface area contributed by atoms with Crippen LogP contribution in [0.4, 0.5) is 0 Å². The molecule has 2 nitrogen and oxygen atoms in total. The van der Waals surface area contributed by atoms with Crippen LogP contribution >= 0.6 is 0 Å². The van der Waals surface area contributed by atoms with E-state index in [1.807, 2.05) is 19.1 Å². The van der Waals surface area contributed by atoms with E-state index in [-0.39, 0.29) is 0 Å². The predicted octanol–water partition coefficient (Wildman–Crippen LogP) is 1.71. The van der Waals surface area contributed by atoms with Gasteiger partial charge < -0.3 is 0 Å². The van der Waals surface area contributed by atoms with E-state index in [9.17, 15) is 0 Å². The van der Waals surface area contributed by atoms with E-state index in [0.717, 1.165) is 5.71 Å². The molecule has 0 spiro atoms. The van der Waals surface area contributed by atoms with Crippen LogP contribution in [-0.2, 0) is 4.84 Å². The molecule has 0 radical (unpaired) electrons. The van der Waals surface area contributed by atoms with Crippen molar-refractivity contribution in [2.45, 2.75) is 6.92 Å². The molecule has 92 valence electrons. The van der Waals surface area contributed by atoms with Crippen LogP contribution in [0.2, 0.25) is 0 Å². The van der Waals surface area contributed by atoms with Crippen LogP contribution in [0.5, 0.6) is 0 Å². The van der Waals surface area contributed by atoms with Crippen LogP contribution in [0.3, 0.4) is 0 Å². The zero-order chi connectivity index (χ0) is 12.8. The first kappa shape index (κ1) is 12.9. The Morgan fingerprint density at radius 2 is 1.67 bits per heavy atom. The number of rotatable bonds is 4. The van der Waals surface area contributed by atoms with E-state index in [0.29, 0.717) is 15.0 Å². The van der Waals surface area contributed by atoms with Crippen molar-refractivity contribution in [3.8, 4) is 0 Å². The zero-order valence-electron chi connectivity index (χ0n) is 10.5. The third-order valence-corrected chi connectivity index (χ3v) is 4.75. The maximum absolute atomic E-state index is 4.86. The molecule has 0 aliphatic rings. The molecular formula is C15H15NOSe. The van der Waals surface area contributed by atoms with Crippen molar-refractivity contribution in [2.24, 2.45) is 5.16 Å². The van der Waals surface area contributed by atoms with Crippen LogP contribution < -0.4 is 8.92 Å². The molecule has 0 amide bonds. The molecule has 0 saturated carbocycles. The second-order valence-corrected chi connectivity index (χ2v) is 6.11. The maximum atomic E-state index is 4.86. The van der Waals surface area contributed by atoms with Gasteiger partial charge in [0.1, 0.15) is 0 Å². The molecule has 0 aliphatic heterocycles. The first-order valence-corrected chi connectivity index (χ1v) is 7.42. The van der Waals surface area contributed by atoms with E-state index < -0.39 is 0 Å². The van der Waals surface area contributed by atoms with E-state index in [4.69, 9.17) is 4.84 Å². The van der Waals surface area contributed by atoms with E-state index in [2.05, 4.69) is 47.6 Å². The predicted molar refractivity (Wildman–Crippen MR) is 77.1 cm³/mol. The van der Waals surface area contributed by atoms with Crippen LogP contribution in [0.15, 0.2) is 59.8 Å². The Morgan fingerprint density at radius 1 is 1.00 bits per heavy atom. The summed E-state index contributed by atoms with van der Waals surface area (Å²) in [5.74, 6) is 0. The minimum absolute atomic E-state index is 0.294. The van der Waals surface area contributed by atoms with Crippen molar-refractivity contribution in [3.05, 3.63) is 60.2 Å². The molecule has 2 rings (SSSR count). The van der Waals surface area contributed by atoms with Crippen LogP contribution in [0.25, 0.3) is 0 Å². The summed E-state index contributed by atoms with van der Waals surface area (Å²) in [7, 11) is 1.58. The molecule has 2 aromatic rings. The van der Waals surface area contributed by atoms with Crippen LogP contribution in [0.1, 0.15) is 12.5 Å². The van der Waals surface area contributed by atoms with Gasteiger partial charge >= 0.3 is 114 Å². The first-order valence-electron chi connectivity index (χ1n) is 5.71. The number of oxime groups is 1. The quantitative estimate of drug-likeness (QED) is 0.479. The number of nitrogens with zero attached hydrogens (tertiary/aromatic N) is 1. The van der Waals surface area contributed by atoms with Crippen molar-refractivity contribution >= 4 is 29.6 Å². The van der Waals surface area contributed by atoms with Gasteiger partial charge in [-0.15, -0.1) is 0 Å². The summed E-state index contributed by atoms with van der Waals surface area (Å²) in [5.41, 5.74) is 2.09. The number of hydrogen-bond acceptors (Lipinski definition) is 2. The third-order valence-electron chi connectivity index (χ3n) is 2.48. The molecule has 0 heterocycles. The van der Waals surface area contributed by atoms with Gasteiger partial charge in [-0.2, -0.15) is 0 Å². The molecule has 0 unspecified atom stereocenters. The molecule has 0 saturated heterocycles. The summed E-state index contributed by atoms with van der Waals surface area (Å²) in [5, 5.41) is 4.02. The van der Waals surface area contributed by atoms with E-state index >= 15 is 0 Å². The van der Waals surface area contributed by atoms with Crippen molar-refractivity contribution in [2.75, 3.05) is 7.11 Å². The molecule has 0 fully saturated rings. The molecule has 2 aromatic carbocycles. The number of benzene rings is 2. The van der Waals surface area contributed by atoms with Gasteiger partial charge in [-0.1, -0.05) is 0 Å². The Kier molecular flexibility index (Phi) is 4.57. The van der Waals surface area contributed by atoms with Gasteiger partial charge in [0.2, 0.25) is 0 Å². The fourth-order valence-corrected chi connectivity index (χ4v) is 3.80. The van der Waals surface area contributed by atoms with Gasteiger partial charge in [0, 0.05) is 0 Å². The van der Waals surface area contributed by atoms with Gasteiger partial charge in [0.05, 0.1) is 0 Å². The standard InChI is InChI=1S/C15H15NOSe/c1-12(16-17-2)14-10-6-7-11-15(14)18-13-8-4-3-5-9-13/h3-11H,1-2H3/b16-12+. The Labute approximate surface area is 114 Å². The van der Waals surface area contributed by atoms with Gasteiger partial charge in [-0.3, -0.25) is 0 Å². The van der Waals surface area contributed by atoms with Gasteiger partial charge in [-0.05, 0) is 0 Å². The molecule has 0 aromatic heterocycles. The van der Waals surface area contributed by atoms with E-state index in [1.165, 1.54) is 14.5 Å². The van der Waals surface area contributed by atoms with Crippen molar-refractivity contribution in [1.29, 1.82) is 0 Å². The molecule has 0 N–H and O–H groups in total. The Morgan fingerprint density at radius 3 is 2.39 bits per heavy atom. The Bertz CT molecular complexity index is 537. The van der Waals surface area contributed by atoms with Gasteiger partial charge in [0.15, 0.2) is 0 Å². The van der Waals surface area contributed by atoms with Gasteiger partial charge in [-0.25, -0.2) is 0 Å². The molecule has 0 atom stereocenters. The van der Waals surface area contributed by atoms with Gasteiger partial charge in [0.25, 0.3) is 0 Å². The third kappa shape index (κ3) is 3.22. The Balaban J connectivity index is 2.31. The van der Waals surface area contributed by atoms with E-state index in [1.54, 1.807) is 7.11 Å². The minimum atomic E-state index is 0.294. The van der Waals surface area contributed by atoms with Crippen LogP contribution in [-0.4, -0.2) is 27.8 Å². The first-order chi connectivity index (χ1) is 8.81. The topological polar surface area (TPSA) is 21.6 Å². The fraction of sp³-hybridized carbons (Fsp3) is 0.133. The van der Waals surface area contributed by atoms with Crippen molar-refractivity contribution < 1.29 is 4.84 Å². The molecule has 0 aliphatic carbocycles. The summed E-state index contributed by atoms with van der Waals surface area (Å²) in [6, 6.07) is 18.9. The second-order valence-electron chi connectivity index (χ2n) is 3.77. The van der Waals surface area contributed by atoms with Crippen LogP contribution in [0, 0.1) is 0 Å². The molecular weight excluding hydrogens is 289 g/mol. The molecule has 0 bridgehead atoms. The average molecular weight is 304 g/mol. The fourth-order valence-electron chi connectivity index (χ4n) is 1.66. The van der Waals surface area contributed by atoms with Crippen molar-refractivity contribution in [1.82, 2.24) is 0 Å². The summed E-state index contributed by atoms with van der Waals surface area (Å²) >= 11 is 0.294. The normalized spacial score (nSPS) is 11.3. The van der Waals surface area contributed by atoms with Crippen molar-refractivity contribution in [3.63, 3.8) is 0 Å². The summed E-state index contributed by atoms with van der Waals surface area (Å²) in [4.78, 5) is 4.86. The summed E-state index contributed by atoms with van der Waals surface area (Å²) in [6.07, 6.45) is 0. The summed E-state index contributed by atoms with van der Waals surface area (Å²) in [6.45, 7) is 1.98. The molecule has 3 heteroatoms. The molecule has 18 heavy (non-hydrogen) atoms. The average Bonchev–Trinajstić information content (AvgIpc) is 2.41.